The van der Waals surface area contributed by atoms with Gasteiger partial charge in [0.2, 0.25) is 9.84 Å². The number of aromatic nitrogens is 2. The van der Waals surface area contributed by atoms with Crippen molar-refractivity contribution in [2.45, 2.75) is 17.2 Å². The maximum absolute atomic E-state index is 12.3. The Labute approximate surface area is 138 Å². The number of hydrogen-bond donors (Lipinski definition) is 0. The summed E-state index contributed by atoms with van der Waals surface area (Å²) in [7, 11) is -3.71. The number of rotatable bonds is 5. The van der Waals surface area contributed by atoms with Gasteiger partial charge in [-0.2, -0.15) is 4.73 Å². The van der Waals surface area contributed by atoms with Crippen LogP contribution in [-0.2, 0) is 22.0 Å². The van der Waals surface area contributed by atoms with Crippen LogP contribution in [0.1, 0.15) is 16.3 Å². The normalized spacial score (nSPS) is 11.5. The predicted molar refractivity (Wildman–Crippen MR) is 87.7 cm³/mol. The van der Waals surface area contributed by atoms with Gasteiger partial charge in [0.05, 0.1) is 10.7 Å². The molecule has 2 aromatic heterocycles. The van der Waals surface area contributed by atoms with Crippen molar-refractivity contribution in [1.82, 2.24) is 4.98 Å². The van der Waals surface area contributed by atoms with Crippen molar-refractivity contribution in [2.75, 3.05) is 0 Å². The molecule has 23 heavy (non-hydrogen) atoms. The van der Waals surface area contributed by atoms with Gasteiger partial charge in [-0.1, -0.05) is 30.3 Å². The van der Waals surface area contributed by atoms with E-state index in [2.05, 4.69) is 4.98 Å². The fraction of sp³-hybridized carbons (Fsp3) is 0.125. The lowest BCUT2D eigenvalue weighted by molar-refractivity contribution is -0.646. The molecule has 0 saturated carbocycles. The molecule has 118 valence electrons. The molecule has 7 heteroatoms. The van der Waals surface area contributed by atoms with Crippen molar-refractivity contribution in [3.05, 3.63) is 81.6 Å². The molecule has 0 aliphatic carbocycles. The van der Waals surface area contributed by atoms with Crippen LogP contribution in [0.5, 0.6) is 0 Å². The summed E-state index contributed by atoms with van der Waals surface area (Å²) in [5, 5.41) is 14.0. The third-order valence-electron chi connectivity index (χ3n) is 3.24. The molecule has 0 bridgehead atoms. The summed E-state index contributed by atoms with van der Waals surface area (Å²) >= 11 is 1.42. The topological polar surface area (TPSA) is 74.0 Å². The fourth-order valence-electron chi connectivity index (χ4n) is 2.19. The monoisotopic (exact) mass is 346 g/mol. The van der Waals surface area contributed by atoms with Gasteiger partial charge in [-0.3, -0.25) is 0 Å². The molecule has 0 radical (unpaired) electrons. The molecule has 0 N–H and O–H groups in total. The Morgan fingerprint density at radius 1 is 1.09 bits per heavy atom. The Hall–Kier alpha value is -2.25. The number of nitrogens with zero attached hydrogens (tertiary/aromatic N) is 2. The average molecular weight is 346 g/mol. The van der Waals surface area contributed by atoms with Gasteiger partial charge in [-0.05, 0) is 11.6 Å². The Morgan fingerprint density at radius 2 is 1.83 bits per heavy atom. The van der Waals surface area contributed by atoms with E-state index in [1.54, 1.807) is 5.38 Å². The first kappa shape index (κ1) is 15.6. The molecule has 0 amide bonds. The second-order valence-electron chi connectivity index (χ2n) is 5.02. The molecule has 3 rings (SSSR count). The molecule has 2 heterocycles. The van der Waals surface area contributed by atoms with Crippen molar-refractivity contribution in [3.63, 3.8) is 0 Å². The molecular weight excluding hydrogens is 332 g/mol. The highest BCUT2D eigenvalue weighted by Crippen LogP contribution is 2.18. The highest BCUT2D eigenvalue weighted by molar-refractivity contribution is 7.90. The third-order valence-corrected chi connectivity index (χ3v) is 5.77. The predicted octanol–water partition coefficient (Wildman–Crippen LogP) is 2.34. The van der Waals surface area contributed by atoms with E-state index in [0.29, 0.717) is 16.8 Å². The fourth-order valence-corrected chi connectivity index (χ4v) is 4.43. The number of pyridine rings is 1. The Bertz CT molecular complexity index is 906. The summed E-state index contributed by atoms with van der Waals surface area (Å²) < 4.78 is 25.0. The smallest absolute Gasteiger partial charge is 0.309 e. The van der Waals surface area contributed by atoms with Crippen molar-refractivity contribution >= 4 is 21.2 Å². The minimum atomic E-state index is -3.71. The number of thiazole rings is 1. The molecule has 1 aromatic carbocycles. The van der Waals surface area contributed by atoms with Crippen LogP contribution in [0.25, 0.3) is 0 Å². The standard InChI is InChI=1S/C16H14N2O3S2/c19-18-9-5-4-8-16(18)23(20,21)12-14-11-22-15(17-14)10-13-6-2-1-3-7-13/h1-9,11H,10,12H2. The van der Waals surface area contributed by atoms with Crippen LogP contribution in [0.2, 0.25) is 0 Å². The molecule has 3 aromatic rings. The minimum Gasteiger partial charge on any atom is -0.618 e. The van der Waals surface area contributed by atoms with Crippen LogP contribution >= 0.6 is 11.3 Å². The van der Waals surface area contributed by atoms with E-state index in [0.717, 1.165) is 10.6 Å². The quantitative estimate of drug-likeness (QED) is 0.525. The van der Waals surface area contributed by atoms with E-state index in [-0.39, 0.29) is 10.8 Å². The zero-order chi connectivity index (χ0) is 16.3. The van der Waals surface area contributed by atoms with E-state index in [9.17, 15) is 13.6 Å². The highest BCUT2D eigenvalue weighted by Gasteiger charge is 2.24. The lowest BCUT2D eigenvalue weighted by Gasteiger charge is -2.03. The molecule has 0 atom stereocenters. The largest absolute Gasteiger partial charge is 0.618 e. The number of benzene rings is 1. The van der Waals surface area contributed by atoms with Gasteiger partial charge in [0.15, 0.2) is 6.20 Å². The maximum atomic E-state index is 12.3. The lowest BCUT2D eigenvalue weighted by Crippen LogP contribution is -2.33. The van der Waals surface area contributed by atoms with Gasteiger partial charge in [-0.25, -0.2) is 13.4 Å². The molecule has 0 saturated heterocycles. The third kappa shape index (κ3) is 3.75. The summed E-state index contributed by atoms with van der Waals surface area (Å²) in [4.78, 5) is 4.37. The minimum absolute atomic E-state index is 0.252. The van der Waals surface area contributed by atoms with Crippen molar-refractivity contribution in [2.24, 2.45) is 0 Å². The van der Waals surface area contributed by atoms with Crippen LogP contribution in [0, 0.1) is 5.21 Å². The van der Waals surface area contributed by atoms with Crippen LogP contribution in [0.15, 0.2) is 65.1 Å². The van der Waals surface area contributed by atoms with Crippen LogP contribution < -0.4 is 4.73 Å². The van der Waals surface area contributed by atoms with Crippen molar-refractivity contribution in [3.8, 4) is 0 Å². The van der Waals surface area contributed by atoms with Crippen LogP contribution in [-0.4, -0.2) is 13.4 Å². The van der Waals surface area contributed by atoms with Crippen LogP contribution in [0.3, 0.4) is 0 Å². The van der Waals surface area contributed by atoms with E-state index in [1.165, 1.54) is 35.7 Å². The first-order chi connectivity index (χ1) is 11.0. The number of sulfone groups is 1. The molecule has 0 spiro atoms. The second-order valence-corrected chi connectivity index (χ2v) is 7.90. The Kier molecular flexibility index (Phi) is 4.40. The SMILES string of the molecule is O=S(=O)(Cc1csc(Cc2ccccc2)n1)c1cccc[n+]1[O-]. The second kappa shape index (κ2) is 6.47. The Morgan fingerprint density at radius 3 is 2.57 bits per heavy atom. The molecular formula is C16H14N2O3S2. The first-order valence-corrected chi connectivity index (χ1v) is 9.46. The van der Waals surface area contributed by atoms with E-state index >= 15 is 0 Å². The summed E-state index contributed by atoms with van der Waals surface area (Å²) in [6.45, 7) is 0. The van der Waals surface area contributed by atoms with Crippen molar-refractivity contribution < 1.29 is 13.1 Å². The maximum Gasteiger partial charge on any atom is 0.309 e. The van der Waals surface area contributed by atoms with Gasteiger partial charge in [0.25, 0.3) is 0 Å². The molecule has 0 fully saturated rings. The lowest BCUT2D eigenvalue weighted by atomic mass is 10.2. The summed E-state index contributed by atoms with van der Waals surface area (Å²) in [5.74, 6) is -0.273. The number of hydrogen-bond acceptors (Lipinski definition) is 5. The van der Waals surface area contributed by atoms with Gasteiger partial charge < -0.3 is 5.21 Å². The molecule has 5 nitrogen and oxygen atoms in total. The van der Waals surface area contributed by atoms with Crippen molar-refractivity contribution in [1.29, 1.82) is 0 Å². The molecule has 0 aliphatic heterocycles. The van der Waals surface area contributed by atoms with E-state index in [1.807, 2.05) is 30.3 Å². The van der Waals surface area contributed by atoms with Gasteiger partial charge in [0, 0.05) is 23.9 Å². The first-order valence-electron chi connectivity index (χ1n) is 6.93. The summed E-state index contributed by atoms with van der Waals surface area (Å²) in [6, 6.07) is 14.2. The van der Waals surface area contributed by atoms with E-state index < -0.39 is 9.84 Å². The van der Waals surface area contributed by atoms with Gasteiger partial charge in [-0.15, -0.1) is 11.3 Å². The van der Waals surface area contributed by atoms with Crippen LogP contribution in [0.4, 0.5) is 0 Å². The molecule has 0 aliphatic rings. The zero-order valence-corrected chi connectivity index (χ0v) is 13.8. The summed E-state index contributed by atoms with van der Waals surface area (Å²) in [5.41, 5.74) is 1.58. The zero-order valence-electron chi connectivity index (χ0n) is 12.1. The summed E-state index contributed by atoms with van der Waals surface area (Å²) in [6.07, 6.45) is 1.84. The Balaban J connectivity index is 1.78. The average Bonchev–Trinajstić information content (AvgIpc) is 2.95. The molecule has 0 unspecified atom stereocenters. The van der Waals surface area contributed by atoms with E-state index in [4.69, 9.17) is 0 Å². The van der Waals surface area contributed by atoms with Gasteiger partial charge >= 0.3 is 5.03 Å². The highest BCUT2D eigenvalue weighted by atomic mass is 32.2. The van der Waals surface area contributed by atoms with Gasteiger partial charge in [0.1, 0.15) is 5.75 Å².